The predicted molar refractivity (Wildman–Crippen MR) is 94.6 cm³/mol. The van der Waals surface area contributed by atoms with Crippen LogP contribution in [-0.2, 0) is 11.8 Å². The summed E-state index contributed by atoms with van der Waals surface area (Å²) in [6, 6.07) is 9.74. The molecule has 1 aromatic carbocycles. The maximum atomic E-state index is 13.6. The highest BCUT2D eigenvalue weighted by molar-refractivity contribution is 8.00. The fourth-order valence-electron chi connectivity index (χ4n) is 2.18. The number of carbonyl (C=O) groups is 1. The normalized spacial score (nSPS) is 12.0. The van der Waals surface area contributed by atoms with E-state index in [1.54, 1.807) is 31.5 Å². The second-order valence-electron chi connectivity index (χ2n) is 5.33. The molecule has 0 aliphatic carbocycles. The zero-order valence-corrected chi connectivity index (χ0v) is 14.5. The first kappa shape index (κ1) is 17.1. The van der Waals surface area contributed by atoms with Crippen LogP contribution in [0.15, 0.2) is 53.9 Å². The molecule has 0 aliphatic rings. The number of anilines is 1. The van der Waals surface area contributed by atoms with Gasteiger partial charge in [-0.1, -0.05) is 23.9 Å². The van der Waals surface area contributed by atoms with Gasteiger partial charge in [0.25, 0.3) is 0 Å². The number of hydrogen-bond acceptors (Lipinski definition) is 5. The lowest BCUT2D eigenvalue weighted by atomic mass is 10.2. The first-order chi connectivity index (χ1) is 12.1. The van der Waals surface area contributed by atoms with Gasteiger partial charge in [-0.2, -0.15) is 0 Å². The number of aromatic nitrogens is 4. The summed E-state index contributed by atoms with van der Waals surface area (Å²) in [5.41, 5.74) is 1.05. The van der Waals surface area contributed by atoms with Crippen molar-refractivity contribution in [3.8, 4) is 11.4 Å². The van der Waals surface area contributed by atoms with Crippen LogP contribution in [0.4, 0.5) is 10.1 Å². The van der Waals surface area contributed by atoms with Crippen LogP contribution in [0.2, 0.25) is 0 Å². The second kappa shape index (κ2) is 7.43. The van der Waals surface area contributed by atoms with E-state index in [1.807, 2.05) is 23.7 Å². The number of thioether (sulfide) groups is 1. The van der Waals surface area contributed by atoms with Crippen LogP contribution in [0.25, 0.3) is 11.4 Å². The van der Waals surface area contributed by atoms with Crippen molar-refractivity contribution in [2.75, 3.05) is 5.32 Å². The SMILES string of the molecule is C[C@H](Sc1nnc(-c2ccncc2)n1C)C(=O)Nc1ccccc1F. The Bertz CT molecular complexity index is 884. The van der Waals surface area contributed by atoms with E-state index in [-0.39, 0.29) is 11.6 Å². The van der Waals surface area contributed by atoms with Crippen LogP contribution in [0.3, 0.4) is 0 Å². The molecule has 6 nitrogen and oxygen atoms in total. The van der Waals surface area contributed by atoms with E-state index in [0.29, 0.717) is 11.0 Å². The molecule has 0 radical (unpaired) electrons. The summed E-state index contributed by atoms with van der Waals surface area (Å²) in [6.07, 6.45) is 3.36. The lowest BCUT2D eigenvalue weighted by Gasteiger charge is -2.12. The Hall–Kier alpha value is -2.74. The van der Waals surface area contributed by atoms with E-state index < -0.39 is 11.1 Å². The molecule has 25 heavy (non-hydrogen) atoms. The Morgan fingerprint density at radius 3 is 2.64 bits per heavy atom. The molecule has 0 bridgehead atoms. The molecule has 1 N–H and O–H groups in total. The number of hydrogen-bond donors (Lipinski definition) is 1. The first-order valence-electron chi connectivity index (χ1n) is 7.58. The highest BCUT2D eigenvalue weighted by atomic mass is 32.2. The van der Waals surface area contributed by atoms with Gasteiger partial charge >= 0.3 is 0 Å². The van der Waals surface area contributed by atoms with Gasteiger partial charge in [0.15, 0.2) is 11.0 Å². The van der Waals surface area contributed by atoms with Crippen LogP contribution in [0, 0.1) is 5.82 Å². The van der Waals surface area contributed by atoms with Crippen molar-refractivity contribution in [1.82, 2.24) is 19.7 Å². The molecule has 1 atom stereocenters. The minimum atomic E-state index is -0.466. The number of carbonyl (C=O) groups excluding carboxylic acids is 1. The smallest absolute Gasteiger partial charge is 0.237 e. The van der Waals surface area contributed by atoms with Gasteiger partial charge < -0.3 is 9.88 Å². The summed E-state index contributed by atoms with van der Waals surface area (Å²) in [5, 5.41) is 11.0. The first-order valence-corrected chi connectivity index (χ1v) is 8.46. The van der Waals surface area contributed by atoms with Crippen molar-refractivity contribution >= 4 is 23.4 Å². The van der Waals surface area contributed by atoms with Crippen molar-refractivity contribution in [3.63, 3.8) is 0 Å². The average Bonchev–Trinajstić information content (AvgIpc) is 2.98. The molecule has 2 aromatic heterocycles. The van der Waals surface area contributed by atoms with Gasteiger partial charge in [0.05, 0.1) is 10.9 Å². The van der Waals surface area contributed by atoms with E-state index in [1.165, 1.54) is 23.9 Å². The quantitative estimate of drug-likeness (QED) is 0.710. The summed E-state index contributed by atoms with van der Waals surface area (Å²) in [4.78, 5) is 16.3. The third-order valence-corrected chi connectivity index (χ3v) is 4.69. The molecule has 1 amide bonds. The molecule has 0 spiro atoms. The topological polar surface area (TPSA) is 72.7 Å². The molecule has 3 aromatic rings. The number of rotatable bonds is 5. The number of para-hydroxylation sites is 1. The van der Waals surface area contributed by atoms with Crippen molar-refractivity contribution in [2.24, 2.45) is 7.05 Å². The molecule has 0 unspecified atom stereocenters. The van der Waals surface area contributed by atoms with Gasteiger partial charge in [-0.3, -0.25) is 9.78 Å². The average molecular weight is 357 g/mol. The van der Waals surface area contributed by atoms with E-state index in [0.717, 1.165) is 5.56 Å². The molecular formula is C17H16FN5OS. The minimum Gasteiger partial charge on any atom is -0.323 e. The number of benzene rings is 1. The van der Waals surface area contributed by atoms with E-state index in [2.05, 4.69) is 20.5 Å². The van der Waals surface area contributed by atoms with Crippen molar-refractivity contribution in [2.45, 2.75) is 17.3 Å². The van der Waals surface area contributed by atoms with Crippen molar-refractivity contribution in [3.05, 3.63) is 54.6 Å². The van der Waals surface area contributed by atoms with Crippen LogP contribution >= 0.6 is 11.8 Å². The zero-order valence-electron chi connectivity index (χ0n) is 13.7. The Balaban J connectivity index is 1.71. The molecule has 128 valence electrons. The highest BCUT2D eigenvalue weighted by Gasteiger charge is 2.20. The molecule has 8 heteroatoms. The van der Waals surface area contributed by atoms with Gasteiger partial charge in [0, 0.05) is 25.0 Å². The number of nitrogens with one attached hydrogen (secondary N) is 1. The fourth-order valence-corrected chi connectivity index (χ4v) is 2.99. The van der Waals surface area contributed by atoms with Gasteiger partial charge in [-0.05, 0) is 31.2 Å². The largest absolute Gasteiger partial charge is 0.323 e. The summed E-state index contributed by atoms with van der Waals surface area (Å²) in [7, 11) is 1.83. The Morgan fingerprint density at radius 2 is 1.92 bits per heavy atom. The van der Waals surface area contributed by atoms with Crippen LogP contribution < -0.4 is 5.32 Å². The van der Waals surface area contributed by atoms with Crippen LogP contribution in [0.1, 0.15) is 6.92 Å². The van der Waals surface area contributed by atoms with E-state index in [4.69, 9.17) is 0 Å². The van der Waals surface area contributed by atoms with E-state index in [9.17, 15) is 9.18 Å². The Labute approximate surface area is 148 Å². The summed E-state index contributed by atoms with van der Waals surface area (Å²) in [6.45, 7) is 1.74. The molecule has 0 aliphatic heterocycles. The second-order valence-corrected chi connectivity index (χ2v) is 6.64. The van der Waals surface area contributed by atoms with Gasteiger partial charge in [-0.15, -0.1) is 10.2 Å². The maximum Gasteiger partial charge on any atom is 0.237 e. The summed E-state index contributed by atoms with van der Waals surface area (Å²) in [5.74, 6) is -0.0816. The Kier molecular flexibility index (Phi) is 5.08. The van der Waals surface area contributed by atoms with Gasteiger partial charge in [0.1, 0.15) is 5.82 Å². The number of halogens is 1. The van der Waals surface area contributed by atoms with Crippen LogP contribution in [0.5, 0.6) is 0 Å². The monoisotopic (exact) mass is 357 g/mol. The molecule has 0 fully saturated rings. The number of pyridine rings is 1. The third-order valence-electron chi connectivity index (χ3n) is 3.56. The highest BCUT2D eigenvalue weighted by Crippen LogP contribution is 2.26. The van der Waals surface area contributed by atoms with E-state index >= 15 is 0 Å². The minimum absolute atomic E-state index is 0.162. The van der Waals surface area contributed by atoms with Gasteiger partial charge in [-0.25, -0.2) is 4.39 Å². The Morgan fingerprint density at radius 1 is 1.20 bits per heavy atom. The number of amides is 1. The summed E-state index contributed by atoms with van der Waals surface area (Å²) < 4.78 is 15.5. The zero-order chi connectivity index (χ0) is 17.8. The van der Waals surface area contributed by atoms with Gasteiger partial charge in [0.2, 0.25) is 5.91 Å². The number of nitrogens with zero attached hydrogens (tertiary/aromatic N) is 4. The lowest BCUT2D eigenvalue weighted by molar-refractivity contribution is -0.115. The molecule has 3 rings (SSSR count). The predicted octanol–water partition coefficient (Wildman–Crippen LogP) is 3.14. The molecule has 2 heterocycles. The van der Waals surface area contributed by atoms with Crippen molar-refractivity contribution < 1.29 is 9.18 Å². The molecular weight excluding hydrogens is 341 g/mol. The summed E-state index contributed by atoms with van der Waals surface area (Å²) >= 11 is 1.26. The lowest BCUT2D eigenvalue weighted by Crippen LogP contribution is -2.23. The maximum absolute atomic E-state index is 13.6. The third kappa shape index (κ3) is 3.85. The fraction of sp³-hybridized carbons (Fsp3) is 0.176. The van der Waals surface area contributed by atoms with Crippen LogP contribution in [-0.4, -0.2) is 30.9 Å². The standard InChI is InChI=1S/C17H16FN5OS/c1-11(16(24)20-14-6-4-3-5-13(14)18)25-17-22-21-15(23(17)2)12-7-9-19-10-8-12/h3-11H,1-2H3,(H,20,24)/t11-/m0/s1. The molecule has 0 saturated carbocycles. The van der Waals surface area contributed by atoms with Crippen molar-refractivity contribution in [1.29, 1.82) is 0 Å². The molecule has 0 saturated heterocycles.